The van der Waals surface area contributed by atoms with Crippen molar-refractivity contribution in [1.29, 1.82) is 0 Å². The van der Waals surface area contributed by atoms with Crippen LogP contribution < -0.4 is 11.9 Å². The summed E-state index contributed by atoms with van der Waals surface area (Å²) in [5, 5.41) is 7.94. The van der Waals surface area contributed by atoms with Crippen molar-refractivity contribution in [2.24, 2.45) is 5.73 Å². The molecule has 0 unspecified atom stereocenters. The van der Waals surface area contributed by atoms with E-state index < -0.39 is 0 Å². The minimum Gasteiger partial charge on any atom is -0.394 e. The number of hydrogen-bond donors (Lipinski definition) is 3. The first-order chi connectivity index (χ1) is 5.41. The van der Waals surface area contributed by atoms with Crippen LogP contribution >= 0.6 is 12.4 Å². The third kappa shape index (κ3) is 348. The van der Waals surface area contributed by atoms with Crippen LogP contribution in [-0.2, 0) is 4.74 Å². The van der Waals surface area contributed by atoms with E-state index in [9.17, 15) is 0 Å². The van der Waals surface area contributed by atoms with E-state index in [1.165, 1.54) is 7.05 Å². The molecule has 0 aromatic rings. The quantitative estimate of drug-likeness (QED) is 0.689. The molecule has 0 fully saturated rings. The van der Waals surface area contributed by atoms with Crippen LogP contribution in [0, 0.1) is 0 Å². The fraction of sp³-hybridized carbons (Fsp3) is 1.00. The summed E-state index contributed by atoms with van der Waals surface area (Å²) in [6.45, 7) is 8.57. The molecule has 0 spiro atoms. The first-order valence-corrected chi connectivity index (χ1v) is 4.09. The van der Waals surface area contributed by atoms with E-state index in [0.717, 1.165) is 0 Å². The van der Waals surface area contributed by atoms with Crippen molar-refractivity contribution in [3.63, 3.8) is 0 Å². The van der Waals surface area contributed by atoms with Crippen LogP contribution in [0.4, 0.5) is 4.70 Å². The topological polar surface area (TPSA) is 90.5 Å². The average Bonchev–Trinajstić information content (AvgIpc) is 2.16. The van der Waals surface area contributed by atoms with Crippen LogP contribution in [0.2, 0.25) is 0 Å². The molecule has 4 nitrogen and oxygen atoms in total. The van der Waals surface area contributed by atoms with Crippen LogP contribution in [-0.4, -0.2) is 32.5 Å². The Bertz CT molecular complexity index is 32.8. The Morgan fingerprint density at radius 2 is 1.29 bits per heavy atom. The van der Waals surface area contributed by atoms with Gasteiger partial charge in [-0.15, -0.1) is 12.4 Å². The maximum atomic E-state index is 7.94. The third-order valence-corrected chi connectivity index (χ3v) is 0.295. The number of hydrogen-bond acceptors (Lipinski definition) is 4. The number of nitrogens with two attached hydrogens (primary N) is 1. The van der Waals surface area contributed by atoms with Crippen molar-refractivity contribution < 1.29 is 14.5 Å². The molecule has 6 heteroatoms. The van der Waals surface area contributed by atoms with Crippen molar-refractivity contribution >= 4 is 12.4 Å². The third-order valence-electron chi connectivity index (χ3n) is 0.295. The van der Waals surface area contributed by atoms with Gasteiger partial charge in [-0.1, -0.05) is 27.7 Å². The molecule has 0 heterocycles. The molecular formula is C8H30ClFN2O2. The average molecular weight is 241 g/mol. The van der Waals surface area contributed by atoms with Crippen molar-refractivity contribution in [3.05, 3.63) is 0 Å². The highest BCUT2D eigenvalue weighted by Gasteiger charge is 1.67. The molecule has 0 saturated carbocycles. The Kier molecular flexibility index (Phi) is 697. The minimum absolute atomic E-state index is 0. The summed E-state index contributed by atoms with van der Waals surface area (Å²) in [5.74, 6) is 0. The van der Waals surface area contributed by atoms with E-state index in [4.69, 9.17) is 5.11 Å². The number of ether oxygens (including phenoxy) is 1. The molecule has 0 aliphatic heterocycles. The van der Waals surface area contributed by atoms with Gasteiger partial charge in [0.2, 0.25) is 0 Å². The second kappa shape index (κ2) is 203. The van der Waals surface area contributed by atoms with Gasteiger partial charge in [0.1, 0.15) is 0 Å². The monoisotopic (exact) mass is 240 g/mol. The highest BCUT2D eigenvalue weighted by molar-refractivity contribution is 5.85. The standard InChI is InChI=1S/C3H8O2.2C2H6.CH5N.ClH.FH.H3N/c1-5-3-2-4;3*1-2;;;/h4H,2-3H2,1H3;2*1-2H3;2H2,1H3;2*1H;1H3. The van der Waals surface area contributed by atoms with Gasteiger partial charge in [0.25, 0.3) is 0 Å². The van der Waals surface area contributed by atoms with Gasteiger partial charge in [-0.2, -0.15) is 0 Å². The molecule has 6 N–H and O–H groups in total. The number of rotatable bonds is 2. The molecule has 0 aliphatic rings. The van der Waals surface area contributed by atoms with Gasteiger partial charge >= 0.3 is 0 Å². The molecular weight excluding hydrogens is 211 g/mol. The Balaban J connectivity index is -0.00000000972. The van der Waals surface area contributed by atoms with Crippen molar-refractivity contribution in [2.45, 2.75) is 27.7 Å². The molecule has 0 aromatic carbocycles. The molecule has 0 radical (unpaired) electrons. The smallest absolute Gasteiger partial charge is 0.0693 e. The largest absolute Gasteiger partial charge is 0.394 e. The number of aliphatic hydroxyl groups excluding tert-OH is 1. The first-order valence-electron chi connectivity index (χ1n) is 4.09. The van der Waals surface area contributed by atoms with Crippen LogP contribution in [0.25, 0.3) is 0 Å². The minimum atomic E-state index is 0. The van der Waals surface area contributed by atoms with E-state index >= 15 is 0 Å². The van der Waals surface area contributed by atoms with Gasteiger partial charge in [0.05, 0.1) is 13.2 Å². The zero-order chi connectivity index (χ0) is 10.1. The van der Waals surface area contributed by atoms with Gasteiger partial charge in [-0.05, 0) is 7.05 Å². The summed E-state index contributed by atoms with van der Waals surface area (Å²) in [4.78, 5) is 0. The molecule has 0 aliphatic carbocycles. The highest BCUT2D eigenvalue weighted by Crippen LogP contribution is 1.56. The molecule has 0 saturated heterocycles. The summed E-state index contributed by atoms with van der Waals surface area (Å²) in [6, 6.07) is 0. The number of aliphatic hydroxyl groups is 1. The second-order valence-electron chi connectivity index (χ2n) is 0.716. The van der Waals surface area contributed by atoms with Gasteiger partial charge in [-0.25, -0.2) is 0 Å². The first kappa shape index (κ1) is 48.1. The van der Waals surface area contributed by atoms with Crippen molar-refractivity contribution in [2.75, 3.05) is 27.4 Å². The maximum absolute atomic E-state index is 7.94. The van der Waals surface area contributed by atoms with Crippen LogP contribution in [0.15, 0.2) is 0 Å². The van der Waals surface area contributed by atoms with E-state index in [-0.39, 0.29) is 29.9 Å². The Labute approximate surface area is 94.6 Å². The van der Waals surface area contributed by atoms with Crippen LogP contribution in [0.3, 0.4) is 0 Å². The summed E-state index contributed by atoms with van der Waals surface area (Å²) >= 11 is 0. The predicted molar refractivity (Wildman–Crippen MR) is 66.5 cm³/mol. The van der Waals surface area contributed by atoms with E-state index in [2.05, 4.69) is 10.5 Å². The van der Waals surface area contributed by atoms with Crippen LogP contribution in [0.5, 0.6) is 0 Å². The molecule has 0 rings (SSSR count). The molecule has 98 valence electrons. The van der Waals surface area contributed by atoms with Gasteiger partial charge in [-0.3, -0.25) is 4.70 Å². The van der Waals surface area contributed by atoms with E-state index in [0.29, 0.717) is 6.61 Å². The fourth-order valence-electron chi connectivity index (χ4n) is 0.0913. The number of methoxy groups -OCH3 is 1. The van der Waals surface area contributed by atoms with Gasteiger partial charge < -0.3 is 21.7 Å². The molecule has 14 heavy (non-hydrogen) atoms. The zero-order valence-electron chi connectivity index (χ0n) is 10.4. The van der Waals surface area contributed by atoms with E-state index in [1.807, 2.05) is 27.7 Å². The fourth-order valence-corrected chi connectivity index (χ4v) is 0.0913. The lowest BCUT2D eigenvalue weighted by atomic mass is 10.8. The normalized spacial score (nSPS) is 4.29. The number of halogens is 2. The lowest BCUT2D eigenvalue weighted by molar-refractivity contribution is 0.135. The Morgan fingerprint density at radius 1 is 1.07 bits per heavy atom. The van der Waals surface area contributed by atoms with Crippen LogP contribution in [0.1, 0.15) is 27.7 Å². The summed E-state index contributed by atoms with van der Waals surface area (Å²) in [5.41, 5.74) is 4.50. The predicted octanol–water partition coefficient (Wildman–Crippen LogP) is 1.99. The van der Waals surface area contributed by atoms with Crippen molar-refractivity contribution in [3.8, 4) is 0 Å². The lowest BCUT2D eigenvalue weighted by Gasteiger charge is -1.84. The summed E-state index contributed by atoms with van der Waals surface area (Å²) < 4.78 is 4.44. The zero-order valence-corrected chi connectivity index (χ0v) is 11.2. The van der Waals surface area contributed by atoms with Crippen molar-refractivity contribution in [1.82, 2.24) is 6.15 Å². The summed E-state index contributed by atoms with van der Waals surface area (Å²) in [7, 11) is 3.05. The van der Waals surface area contributed by atoms with E-state index in [1.54, 1.807) is 7.11 Å². The Morgan fingerprint density at radius 3 is 1.29 bits per heavy atom. The molecule has 0 bridgehead atoms. The van der Waals surface area contributed by atoms with Gasteiger partial charge in [0.15, 0.2) is 0 Å². The molecule has 0 amide bonds. The maximum Gasteiger partial charge on any atom is 0.0693 e. The lowest BCUT2D eigenvalue weighted by Crippen LogP contribution is -1.91. The molecule has 0 aromatic heterocycles. The summed E-state index contributed by atoms with van der Waals surface area (Å²) in [6.07, 6.45) is 0. The highest BCUT2D eigenvalue weighted by atomic mass is 35.5. The Hall–Kier alpha value is 0.0600. The second-order valence-corrected chi connectivity index (χ2v) is 0.716. The SMILES string of the molecule is CC.CC.CN.COCCO.Cl.F.N. The van der Waals surface area contributed by atoms with Gasteiger partial charge in [0, 0.05) is 7.11 Å². The molecule has 0 atom stereocenters.